The van der Waals surface area contributed by atoms with E-state index in [-0.39, 0.29) is 11.8 Å². The zero-order valence-corrected chi connectivity index (χ0v) is 15.7. The third kappa shape index (κ3) is 3.76. The zero-order chi connectivity index (χ0) is 19.3. The molecule has 0 aliphatic heterocycles. The maximum absolute atomic E-state index is 13.0. The Morgan fingerprint density at radius 3 is 2.46 bits per heavy atom. The number of hydrogen-bond acceptors (Lipinski definition) is 3. The average Bonchev–Trinajstić information content (AvgIpc) is 2.77. The minimum atomic E-state index is -0.0864. The molecule has 4 nitrogen and oxygen atoms in total. The molecule has 0 unspecified atom stereocenters. The quantitative estimate of drug-likeness (QED) is 0.550. The van der Waals surface area contributed by atoms with Crippen LogP contribution in [0.2, 0.25) is 0 Å². The van der Waals surface area contributed by atoms with Gasteiger partial charge < -0.3 is 5.32 Å². The molecule has 0 aliphatic rings. The second kappa shape index (κ2) is 8.01. The number of benzene rings is 2. The van der Waals surface area contributed by atoms with Crippen molar-refractivity contribution in [2.45, 2.75) is 12.8 Å². The lowest BCUT2D eigenvalue weighted by atomic mass is 10.0. The van der Waals surface area contributed by atoms with Gasteiger partial charge in [-0.3, -0.25) is 9.78 Å². The smallest absolute Gasteiger partial charge is 0.252 e. The van der Waals surface area contributed by atoms with E-state index in [9.17, 15) is 4.79 Å². The number of amides is 1. The number of hydrogen-bond donors (Lipinski definition) is 1. The minimum Gasteiger partial charge on any atom is -0.351 e. The zero-order valence-electron chi connectivity index (χ0n) is 15.7. The number of aromatic nitrogens is 2. The molecule has 1 N–H and O–H groups in total. The molecule has 28 heavy (non-hydrogen) atoms. The highest BCUT2D eigenvalue weighted by Gasteiger charge is 2.15. The van der Waals surface area contributed by atoms with Gasteiger partial charge in [-0.25, -0.2) is 4.98 Å². The molecule has 138 valence electrons. The molecule has 0 radical (unpaired) electrons. The number of fused-ring (bicyclic) bond motifs is 1. The van der Waals surface area contributed by atoms with E-state index in [1.54, 1.807) is 12.4 Å². The molecular formula is C24H21N3O. The van der Waals surface area contributed by atoms with E-state index in [1.165, 1.54) is 5.56 Å². The van der Waals surface area contributed by atoms with Gasteiger partial charge in [0.05, 0.1) is 16.8 Å². The molecule has 0 bridgehead atoms. The maximum atomic E-state index is 13.0. The Morgan fingerprint density at radius 1 is 0.964 bits per heavy atom. The van der Waals surface area contributed by atoms with Gasteiger partial charge in [0.15, 0.2) is 0 Å². The van der Waals surface area contributed by atoms with Crippen molar-refractivity contribution in [1.29, 1.82) is 0 Å². The monoisotopic (exact) mass is 367 g/mol. The van der Waals surface area contributed by atoms with Gasteiger partial charge in [0, 0.05) is 29.9 Å². The summed E-state index contributed by atoms with van der Waals surface area (Å²) in [6.07, 6.45) is 3.46. The van der Waals surface area contributed by atoms with Gasteiger partial charge in [-0.2, -0.15) is 0 Å². The lowest BCUT2D eigenvalue weighted by molar-refractivity contribution is 0.0953. The lowest BCUT2D eigenvalue weighted by Crippen LogP contribution is -2.27. The van der Waals surface area contributed by atoms with E-state index in [4.69, 9.17) is 4.98 Å². The van der Waals surface area contributed by atoms with Crippen LogP contribution in [0.4, 0.5) is 0 Å². The minimum absolute atomic E-state index is 0.0864. The summed E-state index contributed by atoms with van der Waals surface area (Å²) in [7, 11) is 0. The van der Waals surface area contributed by atoms with Crippen molar-refractivity contribution >= 4 is 16.8 Å². The molecule has 4 rings (SSSR count). The molecule has 0 fully saturated rings. The van der Waals surface area contributed by atoms with Gasteiger partial charge in [-0.05, 0) is 35.7 Å². The third-order valence-corrected chi connectivity index (χ3v) is 4.87. The van der Waals surface area contributed by atoms with E-state index < -0.39 is 0 Å². The molecule has 0 saturated heterocycles. The molecule has 4 aromatic rings. The van der Waals surface area contributed by atoms with Crippen LogP contribution in [0.15, 0.2) is 85.2 Å². The summed E-state index contributed by atoms with van der Waals surface area (Å²) >= 11 is 0. The van der Waals surface area contributed by atoms with Crippen molar-refractivity contribution in [3.63, 3.8) is 0 Å². The normalized spacial score (nSPS) is 11.9. The molecule has 0 aliphatic carbocycles. The SMILES string of the molecule is C[C@H](CNC(=O)c1cc(-c2ccncc2)nc2ccccc12)c1ccccc1. The number of nitrogens with one attached hydrogen (secondary N) is 1. The van der Waals surface area contributed by atoms with Crippen molar-refractivity contribution in [2.24, 2.45) is 0 Å². The van der Waals surface area contributed by atoms with Crippen LogP contribution in [0.3, 0.4) is 0 Å². The average molecular weight is 367 g/mol. The van der Waals surface area contributed by atoms with Crippen LogP contribution in [0.25, 0.3) is 22.2 Å². The molecule has 1 amide bonds. The number of pyridine rings is 2. The highest BCUT2D eigenvalue weighted by molar-refractivity contribution is 6.07. The first kappa shape index (κ1) is 17.9. The van der Waals surface area contributed by atoms with Gasteiger partial charge in [0.2, 0.25) is 0 Å². The molecule has 0 spiro atoms. The molecular weight excluding hydrogens is 346 g/mol. The largest absolute Gasteiger partial charge is 0.351 e. The highest BCUT2D eigenvalue weighted by Crippen LogP contribution is 2.24. The lowest BCUT2D eigenvalue weighted by Gasteiger charge is -2.14. The number of carbonyl (C=O) groups is 1. The third-order valence-electron chi connectivity index (χ3n) is 4.87. The van der Waals surface area contributed by atoms with Crippen LogP contribution in [0.1, 0.15) is 28.8 Å². The number of para-hydroxylation sites is 1. The number of rotatable bonds is 5. The van der Waals surface area contributed by atoms with Crippen LogP contribution in [0.5, 0.6) is 0 Å². The van der Waals surface area contributed by atoms with Crippen molar-refractivity contribution in [3.8, 4) is 11.3 Å². The van der Waals surface area contributed by atoms with Gasteiger partial charge in [0.1, 0.15) is 0 Å². The number of carbonyl (C=O) groups excluding carboxylic acids is 1. The van der Waals surface area contributed by atoms with Crippen LogP contribution in [-0.4, -0.2) is 22.4 Å². The summed E-state index contributed by atoms with van der Waals surface area (Å²) in [5.74, 6) is 0.148. The fraction of sp³-hybridized carbons (Fsp3) is 0.125. The maximum Gasteiger partial charge on any atom is 0.252 e. The summed E-state index contributed by atoms with van der Waals surface area (Å²) in [5.41, 5.74) is 4.35. The Hall–Kier alpha value is -3.53. The first-order valence-electron chi connectivity index (χ1n) is 9.35. The summed E-state index contributed by atoms with van der Waals surface area (Å²) in [6.45, 7) is 2.69. The van der Waals surface area contributed by atoms with Crippen LogP contribution in [0, 0.1) is 0 Å². The van der Waals surface area contributed by atoms with Gasteiger partial charge >= 0.3 is 0 Å². The van der Waals surface area contributed by atoms with Crippen molar-refractivity contribution in [3.05, 3.63) is 96.3 Å². The molecule has 2 aromatic heterocycles. The van der Waals surface area contributed by atoms with E-state index in [0.717, 1.165) is 22.2 Å². The van der Waals surface area contributed by atoms with Crippen molar-refractivity contribution < 1.29 is 4.79 Å². The Labute approximate surface area is 164 Å². The second-order valence-corrected chi connectivity index (χ2v) is 6.83. The summed E-state index contributed by atoms with van der Waals surface area (Å²) in [6, 6.07) is 23.6. The molecule has 2 aromatic carbocycles. The van der Waals surface area contributed by atoms with Crippen LogP contribution in [-0.2, 0) is 0 Å². The summed E-state index contributed by atoms with van der Waals surface area (Å²) in [4.78, 5) is 21.8. The summed E-state index contributed by atoms with van der Waals surface area (Å²) < 4.78 is 0. The van der Waals surface area contributed by atoms with Gasteiger partial charge in [-0.1, -0.05) is 55.5 Å². The Kier molecular flexibility index (Phi) is 5.11. The summed E-state index contributed by atoms with van der Waals surface area (Å²) in [5, 5.41) is 3.94. The molecule has 0 saturated carbocycles. The highest BCUT2D eigenvalue weighted by atomic mass is 16.1. The van der Waals surface area contributed by atoms with E-state index in [1.807, 2.05) is 60.7 Å². The molecule has 4 heteroatoms. The van der Waals surface area contributed by atoms with Gasteiger partial charge in [0.25, 0.3) is 5.91 Å². The van der Waals surface area contributed by atoms with E-state index >= 15 is 0 Å². The first-order valence-corrected chi connectivity index (χ1v) is 9.35. The Bertz CT molecular complexity index is 1090. The second-order valence-electron chi connectivity index (χ2n) is 6.83. The fourth-order valence-electron chi connectivity index (χ4n) is 3.27. The Morgan fingerprint density at radius 2 is 1.68 bits per heavy atom. The number of nitrogens with zero attached hydrogens (tertiary/aromatic N) is 2. The van der Waals surface area contributed by atoms with Crippen molar-refractivity contribution in [2.75, 3.05) is 6.54 Å². The first-order chi connectivity index (χ1) is 13.7. The van der Waals surface area contributed by atoms with E-state index in [0.29, 0.717) is 12.1 Å². The predicted octanol–water partition coefficient (Wildman–Crippen LogP) is 4.83. The van der Waals surface area contributed by atoms with Crippen LogP contribution >= 0.6 is 0 Å². The van der Waals surface area contributed by atoms with E-state index in [2.05, 4.69) is 29.4 Å². The molecule has 2 heterocycles. The standard InChI is InChI=1S/C24H21N3O/c1-17(18-7-3-2-4-8-18)16-26-24(28)21-15-23(19-11-13-25-14-12-19)27-22-10-6-5-9-20(21)22/h2-15,17H,16H2,1H3,(H,26,28)/t17-/m1/s1. The predicted molar refractivity (Wildman–Crippen MR) is 112 cm³/mol. The molecule has 1 atom stereocenters. The fourth-order valence-corrected chi connectivity index (χ4v) is 3.27. The van der Waals surface area contributed by atoms with Crippen LogP contribution < -0.4 is 5.32 Å². The van der Waals surface area contributed by atoms with Gasteiger partial charge in [-0.15, -0.1) is 0 Å². The topological polar surface area (TPSA) is 54.9 Å². The Balaban J connectivity index is 1.64. The van der Waals surface area contributed by atoms with Crippen molar-refractivity contribution in [1.82, 2.24) is 15.3 Å².